The van der Waals surface area contributed by atoms with E-state index in [9.17, 15) is 4.79 Å². The molecule has 0 atom stereocenters. The second-order valence-corrected chi connectivity index (χ2v) is 3.12. The third-order valence-corrected chi connectivity index (χ3v) is 1.54. The van der Waals surface area contributed by atoms with Crippen LogP contribution in [0.1, 0.15) is 0 Å². The Morgan fingerprint density at radius 1 is 1.42 bits per heavy atom. The Labute approximate surface area is 79.7 Å². The van der Waals surface area contributed by atoms with Gasteiger partial charge in [0.25, 0.3) is 5.91 Å². The van der Waals surface area contributed by atoms with Crippen LogP contribution in [-0.4, -0.2) is 15.7 Å². The maximum atomic E-state index is 10.9. The molecule has 1 rings (SSSR count). The maximum absolute atomic E-state index is 10.9. The van der Waals surface area contributed by atoms with Crippen molar-refractivity contribution in [2.24, 2.45) is 0 Å². The number of rotatable bonds is 2. The number of carbonyl (C=O) groups is 1. The van der Waals surface area contributed by atoms with E-state index in [4.69, 9.17) is 23.2 Å². The van der Waals surface area contributed by atoms with E-state index in [1.807, 2.05) is 0 Å². The highest BCUT2D eigenvalue weighted by atomic mass is 35.5. The van der Waals surface area contributed by atoms with Gasteiger partial charge in [0.05, 0.1) is 0 Å². The molecule has 0 saturated carbocycles. The van der Waals surface area contributed by atoms with Gasteiger partial charge in [-0.2, -0.15) is 0 Å². The monoisotopic (exact) mass is 204 g/mol. The number of alkyl halides is 2. The maximum Gasteiger partial charge on any atom is 0.257 e. The number of hydrogen-bond donors (Lipinski definition) is 1. The summed E-state index contributed by atoms with van der Waals surface area (Å²) in [6, 6.07) is 3.29. The van der Waals surface area contributed by atoms with E-state index in [2.05, 4.69) is 10.3 Å². The van der Waals surface area contributed by atoms with Crippen molar-refractivity contribution in [2.45, 2.75) is 4.84 Å². The van der Waals surface area contributed by atoms with Crippen LogP contribution in [0.3, 0.4) is 0 Å². The summed E-state index contributed by atoms with van der Waals surface area (Å²) in [5.74, 6) is -0.440. The van der Waals surface area contributed by atoms with Crippen LogP contribution < -0.4 is 5.32 Å². The number of carbonyl (C=O) groups excluding carboxylic acids is 1. The molecule has 0 fully saturated rings. The fourth-order valence-electron chi connectivity index (χ4n) is 0.632. The molecule has 0 aromatic carbocycles. The predicted molar refractivity (Wildman–Crippen MR) is 48.4 cm³/mol. The summed E-state index contributed by atoms with van der Waals surface area (Å²) in [5.41, 5.74) is 0.626. The molecule has 0 unspecified atom stereocenters. The zero-order valence-corrected chi connectivity index (χ0v) is 7.51. The second kappa shape index (κ2) is 4.28. The molecule has 0 bridgehead atoms. The van der Waals surface area contributed by atoms with Crippen molar-refractivity contribution in [2.75, 3.05) is 5.32 Å². The van der Waals surface area contributed by atoms with Gasteiger partial charge in [0.2, 0.25) is 0 Å². The van der Waals surface area contributed by atoms with Crippen molar-refractivity contribution in [3.63, 3.8) is 0 Å². The standard InChI is InChI=1S/C7H6Cl2N2O/c8-6(9)7(12)11-5-1-3-10-4-2-5/h1-4,6H,(H,10,11,12). The first-order valence-corrected chi connectivity index (χ1v) is 4.06. The minimum atomic E-state index is -1.04. The minimum Gasteiger partial charge on any atom is -0.324 e. The fourth-order valence-corrected chi connectivity index (χ4v) is 0.741. The number of aromatic nitrogens is 1. The van der Waals surface area contributed by atoms with Gasteiger partial charge in [-0.05, 0) is 12.1 Å². The number of halogens is 2. The summed E-state index contributed by atoms with van der Waals surface area (Å²) < 4.78 is 0. The van der Waals surface area contributed by atoms with E-state index in [-0.39, 0.29) is 0 Å². The van der Waals surface area contributed by atoms with Gasteiger partial charge >= 0.3 is 0 Å². The summed E-state index contributed by atoms with van der Waals surface area (Å²) in [6.07, 6.45) is 3.13. The van der Waals surface area contributed by atoms with Gasteiger partial charge in [0, 0.05) is 18.1 Å². The minimum absolute atomic E-state index is 0.440. The second-order valence-electron chi connectivity index (χ2n) is 2.03. The molecule has 0 radical (unpaired) electrons. The van der Waals surface area contributed by atoms with Crippen LogP contribution in [-0.2, 0) is 4.79 Å². The molecule has 0 saturated heterocycles. The molecule has 1 amide bonds. The Hall–Kier alpha value is -0.800. The number of nitrogens with zero attached hydrogens (tertiary/aromatic N) is 1. The van der Waals surface area contributed by atoms with Crippen LogP contribution in [0.2, 0.25) is 0 Å². The lowest BCUT2D eigenvalue weighted by Crippen LogP contribution is -2.18. The van der Waals surface area contributed by atoms with Crippen molar-refractivity contribution in [3.05, 3.63) is 24.5 Å². The third kappa shape index (κ3) is 2.68. The van der Waals surface area contributed by atoms with Crippen LogP contribution in [0.4, 0.5) is 5.69 Å². The largest absolute Gasteiger partial charge is 0.324 e. The zero-order valence-electron chi connectivity index (χ0n) is 6.00. The van der Waals surface area contributed by atoms with Crippen LogP contribution in [0.25, 0.3) is 0 Å². The molecule has 0 aliphatic rings. The van der Waals surface area contributed by atoms with E-state index >= 15 is 0 Å². The molecule has 3 nitrogen and oxygen atoms in total. The van der Waals surface area contributed by atoms with E-state index in [0.717, 1.165) is 0 Å². The summed E-state index contributed by atoms with van der Waals surface area (Å²) in [4.78, 5) is 13.7. The van der Waals surface area contributed by atoms with Gasteiger partial charge in [0.15, 0.2) is 4.84 Å². The number of nitrogens with one attached hydrogen (secondary N) is 1. The third-order valence-electron chi connectivity index (χ3n) is 1.15. The summed E-state index contributed by atoms with van der Waals surface area (Å²) >= 11 is 10.6. The van der Waals surface area contributed by atoms with Crippen LogP contribution in [0.5, 0.6) is 0 Å². The van der Waals surface area contributed by atoms with Crippen molar-refractivity contribution >= 4 is 34.8 Å². The first-order chi connectivity index (χ1) is 5.70. The van der Waals surface area contributed by atoms with E-state index < -0.39 is 10.7 Å². The zero-order chi connectivity index (χ0) is 8.97. The topological polar surface area (TPSA) is 42.0 Å². The van der Waals surface area contributed by atoms with Crippen LogP contribution in [0, 0.1) is 0 Å². The molecule has 1 aromatic heterocycles. The Balaban J connectivity index is 2.59. The normalized spacial score (nSPS) is 9.92. The van der Waals surface area contributed by atoms with Crippen molar-refractivity contribution in [1.82, 2.24) is 4.98 Å². The number of anilines is 1. The van der Waals surface area contributed by atoms with Gasteiger partial charge in [-0.3, -0.25) is 9.78 Å². The fraction of sp³-hybridized carbons (Fsp3) is 0.143. The average molecular weight is 205 g/mol. The molecule has 5 heteroatoms. The van der Waals surface area contributed by atoms with Crippen molar-refractivity contribution in [1.29, 1.82) is 0 Å². The molecule has 1 aromatic rings. The Morgan fingerprint density at radius 2 is 2.00 bits per heavy atom. The first kappa shape index (κ1) is 9.29. The highest BCUT2D eigenvalue weighted by Crippen LogP contribution is 2.08. The molecule has 12 heavy (non-hydrogen) atoms. The molecular weight excluding hydrogens is 199 g/mol. The Kier molecular flexibility index (Phi) is 3.31. The van der Waals surface area contributed by atoms with Gasteiger partial charge in [-0.15, -0.1) is 0 Å². The Bertz CT molecular complexity index is 263. The molecule has 0 aliphatic carbocycles. The lowest BCUT2D eigenvalue weighted by atomic mass is 10.4. The summed E-state index contributed by atoms with van der Waals surface area (Å²) in [7, 11) is 0. The summed E-state index contributed by atoms with van der Waals surface area (Å²) in [6.45, 7) is 0. The lowest BCUT2D eigenvalue weighted by molar-refractivity contribution is -0.114. The number of pyridine rings is 1. The smallest absolute Gasteiger partial charge is 0.257 e. The molecular formula is C7H6Cl2N2O. The number of hydrogen-bond acceptors (Lipinski definition) is 2. The Morgan fingerprint density at radius 3 is 2.50 bits per heavy atom. The molecule has 64 valence electrons. The molecule has 1 heterocycles. The van der Waals surface area contributed by atoms with Crippen molar-refractivity contribution in [3.8, 4) is 0 Å². The predicted octanol–water partition coefficient (Wildman–Crippen LogP) is 1.82. The lowest BCUT2D eigenvalue weighted by Gasteiger charge is -2.03. The molecule has 1 N–H and O–H groups in total. The number of amides is 1. The van der Waals surface area contributed by atoms with Crippen LogP contribution >= 0.6 is 23.2 Å². The first-order valence-electron chi connectivity index (χ1n) is 3.19. The van der Waals surface area contributed by atoms with E-state index in [1.54, 1.807) is 24.5 Å². The average Bonchev–Trinajstić information content (AvgIpc) is 2.06. The van der Waals surface area contributed by atoms with Gasteiger partial charge < -0.3 is 5.32 Å². The van der Waals surface area contributed by atoms with Crippen LogP contribution in [0.15, 0.2) is 24.5 Å². The molecule has 0 spiro atoms. The van der Waals surface area contributed by atoms with Crippen molar-refractivity contribution < 1.29 is 4.79 Å². The molecule has 0 aliphatic heterocycles. The quantitative estimate of drug-likeness (QED) is 0.748. The van der Waals surface area contributed by atoms with Gasteiger partial charge in [-0.1, -0.05) is 23.2 Å². The highest BCUT2D eigenvalue weighted by molar-refractivity contribution is 6.54. The van der Waals surface area contributed by atoms with Gasteiger partial charge in [0.1, 0.15) is 0 Å². The summed E-state index contributed by atoms with van der Waals surface area (Å²) in [5, 5.41) is 2.50. The van der Waals surface area contributed by atoms with Gasteiger partial charge in [-0.25, -0.2) is 0 Å². The van der Waals surface area contributed by atoms with E-state index in [1.165, 1.54) is 0 Å². The van der Waals surface area contributed by atoms with E-state index in [0.29, 0.717) is 5.69 Å². The SMILES string of the molecule is O=C(Nc1ccncc1)C(Cl)Cl. The highest BCUT2D eigenvalue weighted by Gasteiger charge is 2.10.